The lowest BCUT2D eigenvalue weighted by Gasteiger charge is -1.97. The van der Waals surface area contributed by atoms with E-state index in [0.29, 0.717) is 6.54 Å². The molecule has 3 heteroatoms. The Morgan fingerprint density at radius 1 is 1.54 bits per heavy atom. The number of nitrogens with two attached hydrogens (primary N) is 1. The van der Waals surface area contributed by atoms with Gasteiger partial charge in [0, 0.05) is 11.8 Å². The molecule has 0 bridgehead atoms. The van der Waals surface area contributed by atoms with Crippen molar-refractivity contribution in [3.05, 3.63) is 39.8 Å². The van der Waals surface area contributed by atoms with Gasteiger partial charge in [-0.3, -0.25) is 4.79 Å². The van der Waals surface area contributed by atoms with Crippen molar-refractivity contribution in [2.24, 2.45) is 5.73 Å². The van der Waals surface area contributed by atoms with Gasteiger partial charge in [-0.2, -0.15) is 0 Å². The molecule has 0 aromatic carbocycles. The van der Waals surface area contributed by atoms with Crippen LogP contribution in [0.5, 0.6) is 0 Å². The maximum absolute atomic E-state index is 10.9. The molecule has 0 unspecified atom stereocenters. The van der Waals surface area contributed by atoms with Gasteiger partial charge in [-0.25, -0.2) is 0 Å². The summed E-state index contributed by atoms with van der Waals surface area (Å²) >= 11 is 0. The smallest absolute Gasteiger partial charge is 0.248 e. The van der Waals surface area contributed by atoms with Gasteiger partial charge in [-0.15, -0.1) is 0 Å². The van der Waals surface area contributed by atoms with Crippen LogP contribution < -0.4 is 11.3 Å². The second-order valence-electron chi connectivity index (χ2n) is 2.88. The number of aryl methyl sites for hydroxylation is 1. The third-order valence-electron chi connectivity index (χ3n) is 1.79. The van der Waals surface area contributed by atoms with Gasteiger partial charge in [0.1, 0.15) is 0 Å². The SMILES string of the molecule is Cc1[nH]c(=O)ccc1C=CCCN. The van der Waals surface area contributed by atoms with E-state index >= 15 is 0 Å². The molecule has 0 aliphatic rings. The minimum Gasteiger partial charge on any atom is -0.330 e. The van der Waals surface area contributed by atoms with Crippen LogP contribution in [0.1, 0.15) is 17.7 Å². The van der Waals surface area contributed by atoms with Gasteiger partial charge in [0.2, 0.25) is 5.56 Å². The Morgan fingerprint density at radius 2 is 2.31 bits per heavy atom. The van der Waals surface area contributed by atoms with E-state index in [-0.39, 0.29) is 5.56 Å². The average Bonchev–Trinajstić information content (AvgIpc) is 2.09. The number of hydrogen-bond donors (Lipinski definition) is 2. The van der Waals surface area contributed by atoms with Gasteiger partial charge in [0.15, 0.2) is 0 Å². The summed E-state index contributed by atoms with van der Waals surface area (Å²) in [5.41, 5.74) is 7.21. The number of nitrogens with one attached hydrogen (secondary N) is 1. The number of aromatic nitrogens is 1. The van der Waals surface area contributed by atoms with E-state index in [2.05, 4.69) is 4.98 Å². The molecule has 0 aliphatic carbocycles. The third-order valence-corrected chi connectivity index (χ3v) is 1.79. The Balaban J connectivity index is 2.83. The third kappa shape index (κ3) is 2.87. The molecule has 0 fully saturated rings. The van der Waals surface area contributed by atoms with Gasteiger partial charge in [0.25, 0.3) is 0 Å². The quantitative estimate of drug-likeness (QED) is 0.726. The summed E-state index contributed by atoms with van der Waals surface area (Å²) in [5.74, 6) is 0. The van der Waals surface area contributed by atoms with Crippen LogP contribution in [-0.2, 0) is 0 Å². The molecule has 0 saturated heterocycles. The molecule has 1 heterocycles. The van der Waals surface area contributed by atoms with Gasteiger partial charge < -0.3 is 10.7 Å². The highest BCUT2D eigenvalue weighted by Crippen LogP contribution is 2.04. The van der Waals surface area contributed by atoms with Gasteiger partial charge in [-0.05, 0) is 31.5 Å². The van der Waals surface area contributed by atoms with E-state index in [1.165, 1.54) is 6.07 Å². The highest BCUT2D eigenvalue weighted by Gasteiger charge is 1.92. The zero-order valence-corrected chi connectivity index (χ0v) is 7.71. The molecule has 13 heavy (non-hydrogen) atoms. The van der Waals surface area contributed by atoms with Crippen molar-refractivity contribution < 1.29 is 0 Å². The Morgan fingerprint density at radius 3 is 2.92 bits per heavy atom. The first-order chi connectivity index (χ1) is 6.24. The van der Waals surface area contributed by atoms with Crippen molar-refractivity contribution in [3.8, 4) is 0 Å². The first-order valence-corrected chi connectivity index (χ1v) is 4.30. The van der Waals surface area contributed by atoms with E-state index in [1.54, 1.807) is 6.07 Å². The molecule has 0 radical (unpaired) electrons. The highest BCUT2D eigenvalue weighted by atomic mass is 16.1. The summed E-state index contributed by atoms with van der Waals surface area (Å²) in [4.78, 5) is 13.6. The molecule has 1 aromatic rings. The van der Waals surface area contributed by atoms with Gasteiger partial charge in [0.05, 0.1) is 0 Å². The summed E-state index contributed by atoms with van der Waals surface area (Å²) in [5, 5.41) is 0. The van der Waals surface area contributed by atoms with Crippen molar-refractivity contribution in [2.45, 2.75) is 13.3 Å². The van der Waals surface area contributed by atoms with Crippen LogP contribution >= 0.6 is 0 Å². The summed E-state index contributed by atoms with van der Waals surface area (Å²) in [6.07, 6.45) is 4.83. The van der Waals surface area contributed by atoms with Gasteiger partial charge in [-0.1, -0.05) is 12.2 Å². The van der Waals surface area contributed by atoms with Crippen molar-refractivity contribution >= 4 is 6.08 Å². The van der Waals surface area contributed by atoms with E-state index in [1.807, 2.05) is 19.1 Å². The van der Waals surface area contributed by atoms with E-state index in [4.69, 9.17) is 5.73 Å². The molecule has 70 valence electrons. The van der Waals surface area contributed by atoms with Crippen LogP contribution in [0.2, 0.25) is 0 Å². The largest absolute Gasteiger partial charge is 0.330 e. The molecule has 0 spiro atoms. The molecular weight excluding hydrogens is 164 g/mol. The van der Waals surface area contributed by atoms with Crippen molar-refractivity contribution in [2.75, 3.05) is 6.54 Å². The average molecular weight is 178 g/mol. The van der Waals surface area contributed by atoms with E-state index in [9.17, 15) is 4.79 Å². The molecule has 0 saturated carbocycles. The lowest BCUT2D eigenvalue weighted by Crippen LogP contribution is -2.05. The van der Waals surface area contributed by atoms with Crippen molar-refractivity contribution in [3.63, 3.8) is 0 Å². The summed E-state index contributed by atoms with van der Waals surface area (Å²) in [7, 11) is 0. The fraction of sp³-hybridized carbons (Fsp3) is 0.300. The first kappa shape index (κ1) is 9.74. The predicted octanol–water partition coefficient (Wildman–Crippen LogP) is 1.05. The fourth-order valence-corrected chi connectivity index (χ4v) is 1.08. The predicted molar refractivity (Wildman–Crippen MR) is 54.5 cm³/mol. The van der Waals surface area contributed by atoms with Crippen LogP contribution in [0.4, 0.5) is 0 Å². The molecular formula is C10H14N2O. The lowest BCUT2D eigenvalue weighted by atomic mass is 10.2. The Hall–Kier alpha value is -1.35. The first-order valence-electron chi connectivity index (χ1n) is 4.30. The number of rotatable bonds is 3. The van der Waals surface area contributed by atoms with Crippen molar-refractivity contribution in [1.29, 1.82) is 0 Å². The molecule has 1 rings (SSSR count). The molecule has 3 nitrogen and oxygen atoms in total. The van der Waals surface area contributed by atoms with Crippen LogP contribution in [-0.4, -0.2) is 11.5 Å². The molecule has 3 N–H and O–H groups in total. The Kier molecular flexibility index (Phi) is 3.46. The topological polar surface area (TPSA) is 58.9 Å². The zero-order chi connectivity index (χ0) is 9.68. The number of hydrogen-bond acceptors (Lipinski definition) is 2. The minimum atomic E-state index is -0.0616. The lowest BCUT2D eigenvalue weighted by molar-refractivity contribution is 1.01. The number of pyridine rings is 1. The Labute approximate surface area is 77.3 Å². The maximum atomic E-state index is 10.9. The summed E-state index contributed by atoms with van der Waals surface area (Å²) < 4.78 is 0. The van der Waals surface area contributed by atoms with Gasteiger partial charge >= 0.3 is 0 Å². The van der Waals surface area contributed by atoms with E-state index < -0.39 is 0 Å². The van der Waals surface area contributed by atoms with Crippen LogP contribution in [0.3, 0.4) is 0 Å². The molecule has 0 amide bonds. The minimum absolute atomic E-state index is 0.0616. The fourth-order valence-electron chi connectivity index (χ4n) is 1.08. The standard InChI is InChI=1S/C10H14N2O/c1-8-9(4-2-3-7-11)5-6-10(13)12-8/h2,4-6H,3,7,11H2,1H3,(H,12,13). The highest BCUT2D eigenvalue weighted by molar-refractivity contribution is 5.50. The maximum Gasteiger partial charge on any atom is 0.248 e. The normalized spacial score (nSPS) is 10.9. The number of H-pyrrole nitrogens is 1. The van der Waals surface area contributed by atoms with Crippen molar-refractivity contribution in [1.82, 2.24) is 4.98 Å². The second-order valence-corrected chi connectivity index (χ2v) is 2.88. The molecule has 0 atom stereocenters. The molecule has 1 aromatic heterocycles. The summed E-state index contributed by atoms with van der Waals surface area (Å²) in [6.45, 7) is 2.53. The number of aromatic amines is 1. The second kappa shape index (κ2) is 4.62. The van der Waals surface area contributed by atoms with Crippen LogP contribution in [0, 0.1) is 6.92 Å². The van der Waals surface area contributed by atoms with Crippen LogP contribution in [0.25, 0.3) is 6.08 Å². The van der Waals surface area contributed by atoms with E-state index in [0.717, 1.165) is 17.7 Å². The molecule has 0 aliphatic heterocycles. The summed E-state index contributed by atoms with van der Waals surface area (Å²) in [6, 6.07) is 3.33. The van der Waals surface area contributed by atoms with Crippen LogP contribution in [0.15, 0.2) is 23.0 Å². The Bertz CT molecular complexity index is 352. The zero-order valence-electron chi connectivity index (χ0n) is 7.71. The monoisotopic (exact) mass is 178 g/mol.